The average molecular weight is 422 g/mol. The maximum atomic E-state index is 12.9. The monoisotopic (exact) mass is 421 g/mol. The van der Waals surface area contributed by atoms with Crippen LogP contribution in [0.5, 0.6) is 0 Å². The van der Waals surface area contributed by atoms with Gasteiger partial charge >= 0.3 is 0 Å². The van der Waals surface area contributed by atoms with Crippen molar-refractivity contribution in [2.75, 3.05) is 11.9 Å². The highest BCUT2D eigenvalue weighted by atomic mass is 35.5. The minimum absolute atomic E-state index is 0. The summed E-state index contributed by atoms with van der Waals surface area (Å²) in [5.41, 5.74) is 3.22. The van der Waals surface area contributed by atoms with Gasteiger partial charge in [-0.3, -0.25) is 0 Å². The number of unbranched alkanes of at least 4 members (excludes halogenated alkanes) is 7. The van der Waals surface area contributed by atoms with Crippen molar-refractivity contribution in [3.8, 4) is 0 Å². The van der Waals surface area contributed by atoms with Crippen LogP contribution in [0.4, 0.5) is 10.1 Å². The number of hydrogen-bond acceptors (Lipinski definition) is 2. The summed E-state index contributed by atoms with van der Waals surface area (Å²) in [5.74, 6) is -0.277. The van der Waals surface area contributed by atoms with Crippen LogP contribution in [0.1, 0.15) is 81.9 Å². The standard InChI is InChI=1S/C25H36FNO.ClH/c1-2-3-4-5-6-7-8-9-10-21-11-17-24(18-12-21)27-20-19-25(28)22-13-15-23(26)16-14-22;/h11-18,25,27-28H,2-10,19-20H2,1H3;1H. The Balaban J connectivity index is 0.00000420. The number of hydrogen-bond donors (Lipinski definition) is 2. The third kappa shape index (κ3) is 10.7. The Morgan fingerprint density at radius 2 is 1.41 bits per heavy atom. The van der Waals surface area contributed by atoms with Gasteiger partial charge in [0.25, 0.3) is 0 Å². The van der Waals surface area contributed by atoms with Gasteiger partial charge in [0.2, 0.25) is 0 Å². The van der Waals surface area contributed by atoms with Gasteiger partial charge in [-0.15, -0.1) is 12.4 Å². The Morgan fingerprint density at radius 1 is 0.828 bits per heavy atom. The van der Waals surface area contributed by atoms with Crippen LogP contribution in [0.2, 0.25) is 0 Å². The van der Waals surface area contributed by atoms with E-state index in [0.29, 0.717) is 13.0 Å². The predicted octanol–water partition coefficient (Wildman–Crippen LogP) is 7.47. The van der Waals surface area contributed by atoms with Crippen molar-refractivity contribution in [1.29, 1.82) is 0 Å². The molecule has 162 valence electrons. The molecule has 0 aliphatic carbocycles. The number of aliphatic hydroxyl groups is 1. The van der Waals surface area contributed by atoms with Gasteiger partial charge in [-0.1, -0.05) is 76.1 Å². The maximum Gasteiger partial charge on any atom is 0.123 e. The van der Waals surface area contributed by atoms with E-state index in [2.05, 4.69) is 36.5 Å². The van der Waals surface area contributed by atoms with E-state index in [4.69, 9.17) is 0 Å². The second kappa shape index (κ2) is 15.3. The number of aliphatic hydroxyl groups excluding tert-OH is 1. The van der Waals surface area contributed by atoms with E-state index in [0.717, 1.165) is 17.7 Å². The van der Waals surface area contributed by atoms with E-state index in [1.54, 1.807) is 12.1 Å². The minimum atomic E-state index is -0.575. The third-order valence-electron chi connectivity index (χ3n) is 5.27. The Bertz CT molecular complexity index is 645. The molecule has 0 saturated heterocycles. The van der Waals surface area contributed by atoms with E-state index in [9.17, 15) is 9.50 Å². The van der Waals surface area contributed by atoms with Crippen molar-refractivity contribution in [2.24, 2.45) is 0 Å². The first-order valence-electron chi connectivity index (χ1n) is 11.0. The van der Waals surface area contributed by atoms with E-state index >= 15 is 0 Å². The van der Waals surface area contributed by atoms with Crippen molar-refractivity contribution in [2.45, 2.75) is 77.2 Å². The number of aryl methyl sites for hydroxylation is 1. The molecule has 0 radical (unpaired) electrons. The first kappa shape index (κ1) is 25.5. The topological polar surface area (TPSA) is 32.3 Å². The molecule has 2 rings (SSSR count). The molecule has 0 fully saturated rings. The molecule has 0 spiro atoms. The molecule has 2 nitrogen and oxygen atoms in total. The van der Waals surface area contributed by atoms with Gasteiger partial charge in [-0.25, -0.2) is 4.39 Å². The molecule has 0 aromatic heterocycles. The predicted molar refractivity (Wildman–Crippen MR) is 124 cm³/mol. The smallest absolute Gasteiger partial charge is 0.123 e. The van der Waals surface area contributed by atoms with Crippen molar-refractivity contribution in [3.63, 3.8) is 0 Å². The lowest BCUT2D eigenvalue weighted by Gasteiger charge is -2.12. The third-order valence-corrected chi connectivity index (χ3v) is 5.27. The lowest BCUT2D eigenvalue weighted by Crippen LogP contribution is -2.07. The molecule has 0 heterocycles. The molecule has 2 N–H and O–H groups in total. The summed E-state index contributed by atoms with van der Waals surface area (Å²) in [6.45, 7) is 2.94. The Kier molecular flexibility index (Phi) is 13.4. The molecule has 0 amide bonds. The van der Waals surface area contributed by atoms with Crippen LogP contribution in [0, 0.1) is 5.82 Å². The fraction of sp³-hybridized carbons (Fsp3) is 0.520. The zero-order chi connectivity index (χ0) is 20.0. The van der Waals surface area contributed by atoms with E-state index < -0.39 is 6.10 Å². The summed E-state index contributed by atoms with van der Waals surface area (Å²) in [5, 5.41) is 13.5. The van der Waals surface area contributed by atoms with Gasteiger partial charge in [0, 0.05) is 12.2 Å². The van der Waals surface area contributed by atoms with Gasteiger partial charge in [0.1, 0.15) is 5.82 Å². The van der Waals surface area contributed by atoms with Gasteiger partial charge in [0.15, 0.2) is 0 Å². The number of benzene rings is 2. The summed E-state index contributed by atoms with van der Waals surface area (Å²) in [6, 6.07) is 14.7. The fourth-order valence-electron chi connectivity index (χ4n) is 3.46. The highest BCUT2D eigenvalue weighted by Gasteiger charge is 2.07. The quantitative estimate of drug-likeness (QED) is 0.310. The minimum Gasteiger partial charge on any atom is -0.388 e. The summed E-state index contributed by atoms with van der Waals surface area (Å²) < 4.78 is 12.9. The van der Waals surface area contributed by atoms with Crippen molar-refractivity contribution < 1.29 is 9.50 Å². The van der Waals surface area contributed by atoms with E-state index in [1.165, 1.54) is 69.1 Å². The van der Waals surface area contributed by atoms with Crippen LogP contribution >= 0.6 is 12.4 Å². The first-order valence-corrected chi connectivity index (χ1v) is 11.0. The summed E-state index contributed by atoms with van der Waals surface area (Å²) in [7, 11) is 0. The van der Waals surface area contributed by atoms with Gasteiger partial charge in [-0.05, 0) is 54.7 Å². The zero-order valence-corrected chi connectivity index (χ0v) is 18.5. The fourth-order valence-corrected chi connectivity index (χ4v) is 3.46. The molecule has 0 saturated carbocycles. The molecule has 2 aromatic rings. The highest BCUT2D eigenvalue weighted by molar-refractivity contribution is 5.85. The lowest BCUT2D eigenvalue weighted by atomic mass is 10.0. The van der Waals surface area contributed by atoms with Crippen molar-refractivity contribution in [3.05, 3.63) is 65.5 Å². The maximum absolute atomic E-state index is 12.9. The van der Waals surface area contributed by atoms with E-state index in [1.807, 2.05) is 0 Å². The molecular formula is C25H37ClFNO. The number of halogens is 2. The second-order valence-corrected chi connectivity index (χ2v) is 7.70. The summed E-state index contributed by atoms with van der Waals surface area (Å²) in [6.07, 6.45) is 12.0. The second-order valence-electron chi connectivity index (χ2n) is 7.70. The molecular weight excluding hydrogens is 385 g/mol. The van der Waals surface area contributed by atoms with Crippen LogP contribution in [0.3, 0.4) is 0 Å². The zero-order valence-electron chi connectivity index (χ0n) is 17.7. The molecule has 2 aromatic carbocycles. The first-order chi connectivity index (χ1) is 13.7. The Hall–Kier alpha value is -1.58. The number of nitrogens with one attached hydrogen (secondary N) is 1. The molecule has 4 heteroatoms. The lowest BCUT2D eigenvalue weighted by molar-refractivity contribution is 0.171. The summed E-state index contributed by atoms with van der Waals surface area (Å²) in [4.78, 5) is 0. The van der Waals surface area contributed by atoms with Gasteiger partial charge < -0.3 is 10.4 Å². The number of anilines is 1. The van der Waals surface area contributed by atoms with Crippen molar-refractivity contribution in [1.82, 2.24) is 0 Å². The molecule has 0 aliphatic heterocycles. The van der Waals surface area contributed by atoms with Gasteiger partial charge in [0.05, 0.1) is 6.10 Å². The van der Waals surface area contributed by atoms with Gasteiger partial charge in [-0.2, -0.15) is 0 Å². The molecule has 0 bridgehead atoms. The van der Waals surface area contributed by atoms with Crippen LogP contribution in [0.25, 0.3) is 0 Å². The van der Waals surface area contributed by atoms with Crippen molar-refractivity contribution >= 4 is 18.1 Å². The van der Waals surface area contributed by atoms with Crippen LogP contribution < -0.4 is 5.32 Å². The highest BCUT2D eigenvalue weighted by Crippen LogP contribution is 2.18. The molecule has 0 aliphatic rings. The van der Waals surface area contributed by atoms with Crippen LogP contribution in [-0.4, -0.2) is 11.7 Å². The van der Waals surface area contributed by atoms with Crippen LogP contribution in [-0.2, 0) is 6.42 Å². The number of rotatable bonds is 14. The molecule has 1 atom stereocenters. The molecule has 1 unspecified atom stereocenters. The SMILES string of the molecule is CCCCCCCCCCc1ccc(NCCC(O)c2ccc(F)cc2)cc1.Cl. The Morgan fingerprint density at radius 3 is 2.03 bits per heavy atom. The summed E-state index contributed by atoms with van der Waals surface area (Å²) >= 11 is 0. The normalized spacial score (nSPS) is 11.7. The molecule has 29 heavy (non-hydrogen) atoms. The Labute approximate surface area is 182 Å². The average Bonchev–Trinajstić information content (AvgIpc) is 2.71. The van der Waals surface area contributed by atoms with Crippen LogP contribution in [0.15, 0.2) is 48.5 Å². The van der Waals surface area contributed by atoms with E-state index in [-0.39, 0.29) is 18.2 Å². The largest absolute Gasteiger partial charge is 0.388 e.